The number of ether oxygens (including phenoxy) is 2. The van der Waals surface area contributed by atoms with Gasteiger partial charge in [-0.25, -0.2) is 9.97 Å². The Balaban J connectivity index is 1.69. The summed E-state index contributed by atoms with van der Waals surface area (Å²) in [4.78, 5) is 25.6. The zero-order valence-electron chi connectivity index (χ0n) is 21.4. The highest BCUT2D eigenvalue weighted by molar-refractivity contribution is 6.41. The highest BCUT2D eigenvalue weighted by atomic mass is 35.5. The van der Waals surface area contributed by atoms with Crippen molar-refractivity contribution in [3.8, 4) is 22.6 Å². The van der Waals surface area contributed by atoms with Crippen LogP contribution in [0.3, 0.4) is 0 Å². The van der Waals surface area contributed by atoms with Gasteiger partial charge in [0.05, 0.1) is 30.0 Å². The van der Waals surface area contributed by atoms with Crippen LogP contribution in [-0.2, 0) is 11.2 Å². The van der Waals surface area contributed by atoms with Gasteiger partial charge in [0.2, 0.25) is 11.9 Å². The van der Waals surface area contributed by atoms with Crippen molar-refractivity contribution >= 4 is 57.4 Å². The van der Waals surface area contributed by atoms with Crippen molar-refractivity contribution in [3.63, 3.8) is 0 Å². The number of fused-ring (bicyclic) bond motifs is 3. The molecule has 0 aliphatic carbocycles. The van der Waals surface area contributed by atoms with Crippen LogP contribution >= 0.6 is 23.2 Å². The number of amides is 1. The molecule has 3 heterocycles. The molecule has 0 unspecified atom stereocenters. The number of nitrogens with zero attached hydrogens (tertiary/aromatic N) is 4. The Hall–Kier alpha value is -4.34. The fraction of sp³-hybridized carbons (Fsp3) is 0.143. The Bertz CT molecular complexity index is 1710. The molecule has 0 radical (unpaired) electrons. The van der Waals surface area contributed by atoms with Crippen LogP contribution in [-0.4, -0.2) is 46.5 Å². The summed E-state index contributed by atoms with van der Waals surface area (Å²) in [7, 11) is 4.82. The maximum Gasteiger partial charge on any atom is 0.247 e. The third-order valence-corrected chi connectivity index (χ3v) is 6.93. The molecule has 3 aromatic heterocycles. The van der Waals surface area contributed by atoms with Gasteiger partial charge in [-0.15, -0.1) is 0 Å². The summed E-state index contributed by atoms with van der Waals surface area (Å²) in [6.45, 7) is 3.48. The van der Waals surface area contributed by atoms with Gasteiger partial charge in [0.15, 0.2) is 5.65 Å². The first-order chi connectivity index (χ1) is 18.9. The van der Waals surface area contributed by atoms with Gasteiger partial charge in [0, 0.05) is 54.1 Å². The van der Waals surface area contributed by atoms with E-state index in [1.54, 1.807) is 19.3 Å². The minimum Gasteiger partial charge on any atom is -0.495 e. The molecule has 9 nitrogen and oxygen atoms in total. The van der Waals surface area contributed by atoms with Gasteiger partial charge in [0.25, 0.3) is 0 Å². The van der Waals surface area contributed by atoms with Crippen molar-refractivity contribution < 1.29 is 14.3 Å². The van der Waals surface area contributed by atoms with Crippen molar-refractivity contribution in [2.75, 3.05) is 31.9 Å². The number of carbonyl (C=O) groups excluding carboxylic acids is 1. The number of methoxy groups -OCH3 is 2. The molecular formula is C28H24Cl2N6O3. The summed E-state index contributed by atoms with van der Waals surface area (Å²) in [6.07, 6.45) is 5.42. The zero-order chi connectivity index (χ0) is 27.7. The lowest BCUT2D eigenvalue weighted by Crippen LogP contribution is -2.06. The summed E-state index contributed by atoms with van der Waals surface area (Å²) in [5.41, 5.74) is 4.94. The maximum absolute atomic E-state index is 11.6. The van der Waals surface area contributed by atoms with Crippen LogP contribution in [0.25, 0.3) is 27.8 Å². The number of nitrogens with one attached hydrogen (secondary N) is 2. The Labute approximate surface area is 234 Å². The van der Waals surface area contributed by atoms with Crippen molar-refractivity contribution in [2.24, 2.45) is 0 Å². The number of carbonyl (C=O) groups is 1. The van der Waals surface area contributed by atoms with E-state index < -0.39 is 0 Å². The van der Waals surface area contributed by atoms with Crippen LogP contribution in [0.1, 0.15) is 11.3 Å². The van der Waals surface area contributed by atoms with Crippen molar-refractivity contribution in [1.82, 2.24) is 19.4 Å². The molecule has 11 heteroatoms. The molecule has 2 aromatic carbocycles. The van der Waals surface area contributed by atoms with Gasteiger partial charge < -0.3 is 20.1 Å². The zero-order valence-corrected chi connectivity index (χ0v) is 22.9. The number of anilines is 2. The highest BCUT2D eigenvalue weighted by Gasteiger charge is 2.23. The number of halogens is 2. The van der Waals surface area contributed by atoms with E-state index in [0.717, 1.165) is 16.6 Å². The molecule has 198 valence electrons. The number of hydrogen-bond acceptors (Lipinski definition) is 7. The van der Waals surface area contributed by atoms with E-state index in [1.165, 1.54) is 20.3 Å². The number of rotatable bonds is 8. The van der Waals surface area contributed by atoms with Crippen LogP contribution in [0.15, 0.2) is 61.4 Å². The number of hydrogen-bond donors (Lipinski definition) is 2. The first kappa shape index (κ1) is 26.3. The largest absolute Gasteiger partial charge is 0.495 e. The lowest BCUT2D eigenvalue weighted by molar-refractivity contribution is -0.111. The molecule has 0 aliphatic rings. The number of imidazole rings is 1. The Morgan fingerprint density at radius 1 is 1.05 bits per heavy atom. The van der Waals surface area contributed by atoms with Crippen molar-refractivity contribution in [1.29, 1.82) is 0 Å². The molecule has 0 spiro atoms. The summed E-state index contributed by atoms with van der Waals surface area (Å²) >= 11 is 13.6. The second-order valence-corrected chi connectivity index (χ2v) is 9.31. The summed E-state index contributed by atoms with van der Waals surface area (Å²) in [5.74, 6) is 1.05. The van der Waals surface area contributed by atoms with Crippen LogP contribution in [0.4, 0.5) is 11.6 Å². The monoisotopic (exact) mass is 562 g/mol. The average molecular weight is 563 g/mol. The first-order valence-corrected chi connectivity index (χ1v) is 12.6. The van der Waals surface area contributed by atoms with E-state index in [9.17, 15) is 4.79 Å². The lowest BCUT2D eigenvalue weighted by atomic mass is 10.0. The first-order valence-electron chi connectivity index (χ1n) is 11.8. The molecule has 2 N–H and O–H groups in total. The molecule has 0 bridgehead atoms. The van der Waals surface area contributed by atoms with E-state index in [-0.39, 0.29) is 5.91 Å². The lowest BCUT2D eigenvalue weighted by Gasteiger charge is -2.16. The molecule has 0 saturated carbocycles. The molecule has 1 amide bonds. The summed E-state index contributed by atoms with van der Waals surface area (Å²) in [6, 6.07) is 11.1. The van der Waals surface area contributed by atoms with E-state index >= 15 is 0 Å². The van der Waals surface area contributed by atoms with Gasteiger partial charge >= 0.3 is 0 Å². The molecule has 0 aliphatic heterocycles. The fourth-order valence-electron chi connectivity index (χ4n) is 4.30. The van der Waals surface area contributed by atoms with Crippen LogP contribution in [0.5, 0.6) is 11.5 Å². The average Bonchev–Trinajstić information content (AvgIpc) is 3.38. The quantitative estimate of drug-likeness (QED) is 0.223. The highest BCUT2D eigenvalue weighted by Crippen LogP contribution is 2.47. The van der Waals surface area contributed by atoms with Gasteiger partial charge in [-0.3, -0.25) is 9.20 Å². The minimum absolute atomic E-state index is 0.267. The van der Waals surface area contributed by atoms with E-state index in [2.05, 4.69) is 27.2 Å². The number of pyridine rings is 1. The third kappa shape index (κ3) is 4.94. The SMILES string of the molecule is C=CC(=O)Nc1ccc(Cc2cn3c(n2)c(-c2c(Cl)c(OC)cc(OC)c2Cl)cc2cnc(NC)nc23)cc1. The second kappa shape index (κ2) is 10.8. The Kier molecular flexibility index (Phi) is 7.28. The molecular weight excluding hydrogens is 539 g/mol. The smallest absolute Gasteiger partial charge is 0.247 e. The fourth-order valence-corrected chi connectivity index (χ4v) is 5.00. The molecule has 0 saturated heterocycles. The van der Waals surface area contributed by atoms with Crippen molar-refractivity contribution in [3.05, 3.63) is 82.7 Å². The minimum atomic E-state index is -0.267. The molecule has 39 heavy (non-hydrogen) atoms. The van der Waals surface area contributed by atoms with Gasteiger partial charge in [-0.2, -0.15) is 4.98 Å². The predicted octanol–water partition coefficient (Wildman–Crippen LogP) is 6.03. The van der Waals surface area contributed by atoms with Crippen LogP contribution in [0, 0.1) is 0 Å². The molecule has 0 fully saturated rings. The molecule has 5 aromatic rings. The normalized spacial score (nSPS) is 11.0. The Morgan fingerprint density at radius 3 is 2.36 bits per heavy atom. The number of benzene rings is 2. The third-order valence-electron chi connectivity index (χ3n) is 6.18. The van der Waals surface area contributed by atoms with Gasteiger partial charge in [-0.1, -0.05) is 41.9 Å². The summed E-state index contributed by atoms with van der Waals surface area (Å²) in [5, 5.41) is 7.15. The van der Waals surface area contributed by atoms with Crippen LogP contribution in [0.2, 0.25) is 10.0 Å². The van der Waals surface area contributed by atoms with Gasteiger partial charge in [0.1, 0.15) is 17.1 Å². The summed E-state index contributed by atoms with van der Waals surface area (Å²) < 4.78 is 12.9. The van der Waals surface area contributed by atoms with E-state index in [4.69, 9.17) is 37.7 Å². The molecule has 5 rings (SSSR count). The molecule has 0 atom stereocenters. The standard InChI is InChI=1S/C28H24Cl2N6O3/c1-5-22(37)33-17-8-6-15(7-9-17)10-18-14-36-26-16(13-32-28(31-2)35-26)11-19(27(36)34-18)23-24(29)20(38-3)12-21(39-4)25(23)30/h5-9,11-14H,1,10H2,2-4H3,(H,33,37)(H,31,32,35). The van der Waals surface area contributed by atoms with Crippen molar-refractivity contribution in [2.45, 2.75) is 6.42 Å². The van der Waals surface area contributed by atoms with Crippen LogP contribution < -0.4 is 20.1 Å². The number of aromatic nitrogens is 4. The maximum atomic E-state index is 11.6. The Morgan fingerprint density at radius 2 is 1.74 bits per heavy atom. The van der Waals surface area contributed by atoms with E-state index in [0.29, 0.717) is 62.0 Å². The van der Waals surface area contributed by atoms with Gasteiger partial charge in [-0.05, 0) is 29.8 Å². The second-order valence-electron chi connectivity index (χ2n) is 8.56. The predicted molar refractivity (Wildman–Crippen MR) is 154 cm³/mol. The van der Waals surface area contributed by atoms with E-state index in [1.807, 2.05) is 40.9 Å². The topological polar surface area (TPSA) is 103 Å².